The van der Waals surface area contributed by atoms with E-state index < -0.39 is 0 Å². The van der Waals surface area contributed by atoms with Crippen LogP contribution in [0.5, 0.6) is 0 Å². The summed E-state index contributed by atoms with van der Waals surface area (Å²) in [4.78, 5) is 55.7. The average molecular weight is 1090 g/mol. The fraction of sp³-hybridized carbons (Fsp3) is 0.885. The van der Waals surface area contributed by atoms with Gasteiger partial charge in [0.05, 0.1) is 11.8 Å². The van der Waals surface area contributed by atoms with Crippen LogP contribution in [0.25, 0.3) is 0 Å². The molecule has 6 aliphatic carbocycles. The lowest BCUT2D eigenvalue weighted by Crippen LogP contribution is -2.45. The van der Waals surface area contributed by atoms with Crippen LogP contribution in [0.1, 0.15) is 180 Å². The van der Waals surface area contributed by atoms with Gasteiger partial charge >= 0.3 is 12.1 Å². The Morgan fingerprint density at radius 1 is 0.434 bits per heavy atom. The normalized spacial score (nSPS) is 28.9. The maximum atomic E-state index is 10.6. The van der Waals surface area contributed by atoms with Crippen LogP contribution < -0.4 is 74.5 Å². The van der Waals surface area contributed by atoms with Crippen LogP contribution in [0.3, 0.4) is 0 Å². The third kappa shape index (κ3) is 35.6. The highest BCUT2D eigenvalue weighted by Crippen LogP contribution is 2.25. The number of nitrogens with two attached hydrogens (primary N) is 13. The lowest BCUT2D eigenvalue weighted by molar-refractivity contribution is -0.124. The summed E-state index contributed by atoms with van der Waals surface area (Å²) in [5.41, 5.74) is 71.1. The number of hydrogen-bond donors (Lipinski definition) is 15. The van der Waals surface area contributed by atoms with Crippen molar-refractivity contribution in [3.8, 4) is 0 Å². The molecule has 9 fully saturated rings. The van der Waals surface area contributed by atoms with Crippen LogP contribution >= 0.6 is 0 Å². The van der Waals surface area contributed by atoms with E-state index in [1.165, 1.54) is 32.1 Å². The molecule has 76 heavy (non-hydrogen) atoms. The molecule has 6 saturated carbocycles. The number of carbonyl (C=O) groups excluding carboxylic acids is 5. The van der Waals surface area contributed by atoms with E-state index in [-0.39, 0.29) is 66.0 Å². The molecule has 0 radical (unpaired) electrons. The number of likely N-dealkylation sites (tertiary alicyclic amines) is 2. The minimum atomic E-state index is -0.358. The summed E-state index contributed by atoms with van der Waals surface area (Å²) in [5, 5.41) is 20.5. The minimum absolute atomic E-state index is 0.0741. The van der Waals surface area contributed by atoms with Gasteiger partial charge in [0.1, 0.15) is 5.78 Å². The number of primary amides is 4. The van der Waals surface area contributed by atoms with E-state index in [4.69, 9.17) is 89.6 Å². The van der Waals surface area contributed by atoms with Gasteiger partial charge in [-0.2, -0.15) is 0 Å². The Morgan fingerprint density at radius 3 is 1.17 bits per heavy atom. The molecule has 24 nitrogen and oxygen atoms in total. The summed E-state index contributed by atoms with van der Waals surface area (Å²) >= 11 is 0. The summed E-state index contributed by atoms with van der Waals surface area (Å²) in [7, 11) is 0. The number of ether oxygens (including phenoxy) is 1. The number of oxime groups is 1. The summed E-state index contributed by atoms with van der Waals surface area (Å²) in [6.45, 7) is 4.50. The van der Waals surface area contributed by atoms with E-state index >= 15 is 0 Å². The first kappa shape index (κ1) is 70.2. The number of rotatable bonds is 2. The predicted octanol–water partition coefficient (Wildman–Crippen LogP) is 0.610. The highest BCUT2D eigenvalue weighted by Gasteiger charge is 2.30. The molecular formula is C52H108N16O8. The van der Waals surface area contributed by atoms with Gasteiger partial charge in [-0.3, -0.25) is 14.4 Å². The molecule has 0 spiro atoms. The van der Waals surface area contributed by atoms with Crippen LogP contribution in [0.2, 0.25) is 0 Å². The van der Waals surface area contributed by atoms with Crippen LogP contribution in [-0.4, -0.2) is 155 Å². The van der Waals surface area contributed by atoms with E-state index in [2.05, 4.69) is 5.16 Å². The number of aliphatic hydroxyl groups is 1. The minimum Gasteiger partial charge on any atom is -0.411 e. The molecule has 9 rings (SSSR count). The lowest BCUT2D eigenvalue weighted by atomic mass is 9.80. The van der Waals surface area contributed by atoms with E-state index in [9.17, 15) is 24.0 Å². The Hall–Kier alpha value is -3.82. The molecular weight excluding hydrogens is 977 g/mol. The summed E-state index contributed by atoms with van der Waals surface area (Å²) in [6.07, 6.45) is 27.4. The van der Waals surface area contributed by atoms with Gasteiger partial charge in [0, 0.05) is 118 Å². The van der Waals surface area contributed by atoms with Gasteiger partial charge in [0.15, 0.2) is 0 Å². The quantitative estimate of drug-likeness (QED) is 0.133. The molecule has 3 heterocycles. The number of ketones is 1. The molecule has 0 aromatic heterocycles. The van der Waals surface area contributed by atoms with Crippen molar-refractivity contribution in [1.82, 2.24) is 9.80 Å². The van der Waals surface area contributed by atoms with Crippen LogP contribution in [-0.2, 0) is 19.1 Å². The lowest BCUT2D eigenvalue weighted by Gasteiger charge is -2.29. The molecule has 3 unspecified atom stereocenters. The Morgan fingerprint density at radius 2 is 0.855 bits per heavy atom. The molecule has 0 aromatic carbocycles. The smallest absolute Gasteiger partial charge is 0.314 e. The van der Waals surface area contributed by atoms with E-state index in [0.29, 0.717) is 55.4 Å². The standard InChI is InChI=1S/C7H14N2O.C6H13N3O.C6H12N2O.C6H11NO.C6H13NO.C6H13N.C5H11N3O.C5H10N2O.C5H11NO/c8-6-3-1-5(2-4-6)7(9)10;7-5-1-3-9(4-2-5)6(8)10;7-5-1-3-6(8-9)4-2-5;7-5-1-3-6(8)4-2-5;7-5-2-1-3-6(8)4-5;7-6-4-2-1-3-5-6;6-4-1-2-8(3-4)5(7)9;6-4-1-3(2-4)5(7)8;6-5-1-3-7-4-2-5/h5-6H,1-4,8H2,(H2,9,10);5H,1-4,7H2,(H2,8,10);5,9H,1-4,7H2;5H,1-4,7H2;5-6,8H,1-4,7H2;6H,1-5,7H2;4H,1-3,6H2,(H2,7,9);3-4H,1-2,6H2,(H2,7,8);5H,1-4,6H2. The second-order valence-corrected chi connectivity index (χ2v) is 22.1. The molecule has 3 aliphatic heterocycles. The largest absolute Gasteiger partial charge is 0.411 e. The predicted molar refractivity (Wildman–Crippen MR) is 300 cm³/mol. The van der Waals surface area contributed by atoms with E-state index in [1.54, 1.807) is 9.80 Å². The summed E-state index contributed by atoms with van der Waals surface area (Å²) in [6, 6.07) is 2.08. The van der Waals surface area contributed by atoms with Gasteiger partial charge in [-0.25, -0.2) is 9.59 Å². The average Bonchev–Trinajstić information content (AvgIpc) is 3.83. The number of urea groups is 2. The zero-order chi connectivity index (χ0) is 57.0. The van der Waals surface area contributed by atoms with Crippen molar-refractivity contribution in [3.63, 3.8) is 0 Å². The van der Waals surface area contributed by atoms with Gasteiger partial charge in [-0.1, -0.05) is 24.4 Å². The molecule has 24 heteroatoms. The third-order valence-corrected chi connectivity index (χ3v) is 15.1. The van der Waals surface area contributed by atoms with Gasteiger partial charge in [0.2, 0.25) is 11.8 Å². The maximum absolute atomic E-state index is 10.6. The molecule has 6 amide bonds. The third-order valence-electron chi connectivity index (χ3n) is 15.1. The molecule has 0 bridgehead atoms. The molecule has 0 aromatic rings. The van der Waals surface area contributed by atoms with Crippen LogP contribution in [0.4, 0.5) is 9.59 Å². The zero-order valence-corrected chi connectivity index (χ0v) is 46.2. The number of hydrogen-bond acceptors (Lipinski definition) is 18. The first-order valence-electron chi connectivity index (χ1n) is 28.4. The van der Waals surface area contributed by atoms with Crippen molar-refractivity contribution in [3.05, 3.63) is 0 Å². The number of amides is 6. The molecule has 3 atom stereocenters. The van der Waals surface area contributed by atoms with Crippen molar-refractivity contribution < 1.29 is 39.0 Å². The van der Waals surface area contributed by atoms with Gasteiger partial charge < -0.3 is 99.4 Å². The second-order valence-electron chi connectivity index (χ2n) is 22.1. The Labute approximate surface area is 454 Å². The number of Topliss-reactive ketones (excluding diaryl/α,β-unsaturated/α-hetero) is 1. The molecule has 444 valence electrons. The number of piperidine rings is 1. The number of aliphatic hydroxyl groups excluding tert-OH is 1. The summed E-state index contributed by atoms with van der Waals surface area (Å²) < 4.78 is 5.06. The zero-order valence-electron chi connectivity index (χ0n) is 46.2. The highest BCUT2D eigenvalue weighted by molar-refractivity contribution is 5.84. The van der Waals surface area contributed by atoms with Crippen molar-refractivity contribution in [2.24, 2.45) is 91.5 Å². The summed E-state index contributed by atoms with van der Waals surface area (Å²) in [5.74, 6) is 0.190. The Balaban J connectivity index is 0.000000428. The fourth-order valence-corrected chi connectivity index (χ4v) is 9.49. The van der Waals surface area contributed by atoms with Crippen LogP contribution in [0, 0.1) is 11.8 Å². The first-order chi connectivity index (χ1) is 36.0. The highest BCUT2D eigenvalue weighted by atomic mass is 16.5. The van der Waals surface area contributed by atoms with Crippen LogP contribution in [0.15, 0.2) is 5.16 Å². The maximum Gasteiger partial charge on any atom is 0.314 e. The van der Waals surface area contributed by atoms with Crippen molar-refractivity contribution >= 4 is 35.4 Å². The molecule has 28 N–H and O–H groups in total. The fourth-order valence-electron chi connectivity index (χ4n) is 9.49. The van der Waals surface area contributed by atoms with E-state index in [0.717, 1.165) is 173 Å². The van der Waals surface area contributed by atoms with Gasteiger partial charge in [-0.15, -0.1) is 0 Å². The van der Waals surface area contributed by atoms with Gasteiger partial charge in [-0.05, 0) is 148 Å². The molecule has 9 aliphatic rings. The van der Waals surface area contributed by atoms with Crippen molar-refractivity contribution in [2.75, 3.05) is 39.4 Å². The Bertz CT molecular complexity index is 1530. The van der Waals surface area contributed by atoms with Crippen molar-refractivity contribution in [1.29, 1.82) is 0 Å². The number of carbonyl (C=O) groups is 5. The van der Waals surface area contributed by atoms with E-state index in [1.807, 2.05) is 0 Å². The molecule has 3 saturated heterocycles. The second kappa shape index (κ2) is 41.3. The van der Waals surface area contributed by atoms with Gasteiger partial charge in [0.25, 0.3) is 0 Å². The SMILES string of the molecule is NC(=O)C1CC(N)C1.NC(=O)C1CCC(N)CC1.NC(=O)N1CCC(N)C1.NC(=O)N1CCC(N)CC1.NC1CCC(=NO)CC1.NC1CCC(=O)CC1.NC1CCCC(O)C1.NC1CCCCC1.NC1CCOCC1. The monoisotopic (exact) mass is 1080 g/mol. The first-order valence-corrected chi connectivity index (χ1v) is 28.4. The van der Waals surface area contributed by atoms with Crippen molar-refractivity contribution in [2.45, 2.75) is 240 Å². The Kier molecular flexibility index (Phi) is 38.1. The number of nitrogens with zero attached hydrogens (tertiary/aromatic N) is 3. The topological polar surface area (TPSA) is 492 Å².